The number of rotatable bonds is 11. The fraction of sp³-hybridized carbons (Fsp3) is 0.353. The molecule has 248 valence electrons. The van der Waals surface area contributed by atoms with Crippen LogP contribution >= 0.6 is 23.2 Å². The standard InChI is InChI=1S/C34H36Cl2N4O6S/c1-5-38(6-2)21-22-9-14-31(45-4)26(18-22)34(39-16-7-8-29(39)32-37-15-17-46-32)25-19-27(35)28(36)20-30(25)40(33(34)41)47(42,43)24-12-10-23(44-3)11-13-24/h9-15,17-20,29H,5-8,16,21H2,1-4H3. The van der Waals surface area contributed by atoms with Gasteiger partial charge in [-0.25, -0.2) is 17.7 Å². The Kier molecular flexibility index (Phi) is 9.30. The van der Waals surface area contributed by atoms with Gasteiger partial charge in [-0.3, -0.25) is 14.6 Å². The van der Waals surface area contributed by atoms with Gasteiger partial charge in [0.1, 0.15) is 17.8 Å². The van der Waals surface area contributed by atoms with Crippen LogP contribution in [-0.2, 0) is 26.9 Å². The van der Waals surface area contributed by atoms with Crippen LogP contribution in [0.25, 0.3) is 0 Å². The second kappa shape index (κ2) is 13.1. The third-order valence-corrected chi connectivity index (χ3v) is 11.5. The van der Waals surface area contributed by atoms with Gasteiger partial charge in [0.2, 0.25) is 5.89 Å². The number of methoxy groups -OCH3 is 2. The van der Waals surface area contributed by atoms with E-state index in [0.717, 1.165) is 23.0 Å². The molecule has 13 heteroatoms. The first-order valence-electron chi connectivity index (χ1n) is 15.4. The summed E-state index contributed by atoms with van der Waals surface area (Å²) in [6, 6.07) is 14.2. The largest absolute Gasteiger partial charge is 0.497 e. The molecule has 47 heavy (non-hydrogen) atoms. The van der Waals surface area contributed by atoms with E-state index in [1.807, 2.05) is 23.1 Å². The zero-order valence-electron chi connectivity index (χ0n) is 26.6. The molecule has 1 aromatic heterocycles. The molecular weight excluding hydrogens is 663 g/mol. The first-order valence-corrected chi connectivity index (χ1v) is 17.6. The molecule has 1 amide bonds. The summed E-state index contributed by atoms with van der Waals surface area (Å²) in [6.45, 7) is 6.87. The van der Waals surface area contributed by atoms with Crippen LogP contribution < -0.4 is 13.8 Å². The zero-order chi connectivity index (χ0) is 33.5. The second-order valence-corrected chi connectivity index (χ2v) is 14.1. The fourth-order valence-electron chi connectivity index (χ4n) is 6.82. The van der Waals surface area contributed by atoms with Crippen molar-refractivity contribution in [3.05, 3.63) is 99.7 Å². The Morgan fingerprint density at radius 1 is 1.00 bits per heavy atom. The number of aromatic nitrogens is 1. The van der Waals surface area contributed by atoms with Gasteiger partial charge in [-0.1, -0.05) is 43.1 Å². The Morgan fingerprint density at radius 3 is 2.36 bits per heavy atom. The molecule has 6 rings (SSSR count). The summed E-state index contributed by atoms with van der Waals surface area (Å²) < 4.78 is 47.1. The van der Waals surface area contributed by atoms with Gasteiger partial charge in [0.25, 0.3) is 15.9 Å². The number of halogens is 2. The first kappa shape index (κ1) is 33.3. The number of oxazole rings is 1. The molecule has 10 nitrogen and oxygen atoms in total. The molecule has 0 N–H and O–H groups in total. The summed E-state index contributed by atoms with van der Waals surface area (Å²) in [7, 11) is -1.45. The minimum atomic E-state index is -4.48. The Bertz CT molecular complexity index is 1880. The Morgan fingerprint density at radius 2 is 1.72 bits per heavy atom. The molecule has 2 unspecified atom stereocenters. The number of anilines is 1. The van der Waals surface area contributed by atoms with E-state index in [1.165, 1.54) is 50.8 Å². The van der Waals surface area contributed by atoms with Gasteiger partial charge in [0.15, 0.2) is 5.54 Å². The summed E-state index contributed by atoms with van der Waals surface area (Å²) in [5, 5.41) is 0.285. The van der Waals surface area contributed by atoms with E-state index in [2.05, 4.69) is 23.7 Å². The maximum Gasteiger partial charge on any atom is 0.271 e. The van der Waals surface area contributed by atoms with E-state index in [-0.39, 0.29) is 20.6 Å². The van der Waals surface area contributed by atoms with E-state index in [4.69, 9.17) is 37.1 Å². The average molecular weight is 700 g/mol. The number of hydrogen-bond donors (Lipinski definition) is 0. The lowest BCUT2D eigenvalue weighted by Crippen LogP contribution is -2.54. The van der Waals surface area contributed by atoms with Crippen molar-refractivity contribution in [1.29, 1.82) is 0 Å². The summed E-state index contributed by atoms with van der Waals surface area (Å²) in [5.74, 6) is 0.603. The lowest BCUT2D eigenvalue weighted by atomic mass is 9.80. The summed E-state index contributed by atoms with van der Waals surface area (Å²) in [5.41, 5.74) is 0.172. The predicted octanol–water partition coefficient (Wildman–Crippen LogP) is 6.66. The van der Waals surface area contributed by atoms with Crippen molar-refractivity contribution in [1.82, 2.24) is 14.8 Å². The number of nitrogens with zero attached hydrogens (tertiary/aromatic N) is 4. The monoisotopic (exact) mass is 698 g/mol. The number of fused-ring (bicyclic) bond motifs is 1. The molecular formula is C34H36Cl2N4O6S. The second-order valence-electron chi connectivity index (χ2n) is 11.5. The quantitative estimate of drug-likeness (QED) is 0.170. The van der Waals surface area contributed by atoms with E-state index in [0.29, 0.717) is 54.4 Å². The molecule has 2 atom stereocenters. The van der Waals surface area contributed by atoms with Crippen molar-refractivity contribution in [2.24, 2.45) is 0 Å². The predicted molar refractivity (Wildman–Crippen MR) is 180 cm³/mol. The van der Waals surface area contributed by atoms with Crippen molar-refractivity contribution in [2.45, 2.75) is 49.7 Å². The third kappa shape index (κ3) is 5.47. The number of hydrogen-bond acceptors (Lipinski definition) is 9. The topological polar surface area (TPSA) is 105 Å². The lowest BCUT2D eigenvalue weighted by molar-refractivity contribution is -0.127. The SMILES string of the molecule is CCN(CC)Cc1ccc(OC)c(C2(N3CCCC3c3ncco3)C(=O)N(S(=O)(=O)c3ccc(OC)cc3)c3cc(Cl)c(Cl)cc32)c1. The minimum Gasteiger partial charge on any atom is -0.497 e. The van der Waals surface area contributed by atoms with Gasteiger partial charge in [0, 0.05) is 24.2 Å². The Labute approximate surface area is 284 Å². The molecule has 4 aromatic rings. The molecule has 3 aromatic carbocycles. The van der Waals surface area contributed by atoms with E-state index >= 15 is 4.79 Å². The van der Waals surface area contributed by atoms with Gasteiger partial charge in [-0.15, -0.1) is 0 Å². The number of carbonyl (C=O) groups excluding carboxylic acids is 1. The van der Waals surface area contributed by atoms with Crippen LogP contribution in [0.4, 0.5) is 5.69 Å². The highest BCUT2D eigenvalue weighted by molar-refractivity contribution is 7.93. The van der Waals surface area contributed by atoms with E-state index < -0.39 is 27.5 Å². The van der Waals surface area contributed by atoms with E-state index in [9.17, 15) is 8.42 Å². The normalized spacial score (nSPS) is 19.9. The summed E-state index contributed by atoms with van der Waals surface area (Å²) in [6.07, 6.45) is 4.38. The molecule has 1 fully saturated rings. The average Bonchev–Trinajstić information content (AvgIpc) is 3.83. The van der Waals surface area contributed by atoms with Gasteiger partial charge in [-0.2, -0.15) is 0 Å². The lowest BCUT2D eigenvalue weighted by Gasteiger charge is -2.41. The van der Waals surface area contributed by atoms with Crippen molar-refractivity contribution in [3.63, 3.8) is 0 Å². The number of amides is 1. The molecule has 0 saturated carbocycles. The molecule has 0 bridgehead atoms. The summed E-state index contributed by atoms with van der Waals surface area (Å²) in [4.78, 5) is 24.1. The van der Waals surface area contributed by atoms with Crippen molar-refractivity contribution >= 4 is 44.8 Å². The minimum absolute atomic E-state index is 0.0904. The van der Waals surface area contributed by atoms with Crippen LogP contribution in [0.2, 0.25) is 10.0 Å². The van der Waals surface area contributed by atoms with Crippen molar-refractivity contribution in [3.8, 4) is 11.5 Å². The molecule has 0 radical (unpaired) electrons. The maximum atomic E-state index is 15.5. The Hall–Kier alpha value is -3.61. The van der Waals surface area contributed by atoms with Gasteiger partial charge in [0.05, 0.1) is 47.1 Å². The smallest absolute Gasteiger partial charge is 0.271 e. The van der Waals surface area contributed by atoms with Gasteiger partial charge in [-0.05, 0) is 80.0 Å². The highest BCUT2D eigenvalue weighted by Crippen LogP contribution is 2.57. The molecule has 0 spiro atoms. The van der Waals surface area contributed by atoms with E-state index in [1.54, 1.807) is 12.3 Å². The number of benzene rings is 3. The van der Waals surface area contributed by atoms with Crippen LogP contribution in [0.5, 0.6) is 11.5 Å². The number of likely N-dealkylation sites (tertiary alicyclic amines) is 1. The number of sulfonamides is 1. The van der Waals surface area contributed by atoms with Crippen molar-refractivity contribution in [2.75, 3.05) is 38.2 Å². The number of ether oxygens (including phenoxy) is 2. The van der Waals surface area contributed by atoms with Crippen molar-refractivity contribution < 1.29 is 27.1 Å². The highest BCUT2D eigenvalue weighted by Gasteiger charge is 2.63. The highest BCUT2D eigenvalue weighted by atomic mass is 35.5. The van der Waals surface area contributed by atoms with Crippen LogP contribution in [0.15, 0.2) is 76.4 Å². The Balaban J connectivity index is 1.67. The number of carbonyl (C=O) groups is 1. The summed E-state index contributed by atoms with van der Waals surface area (Å²) >= 11 is 13.3. The first-order chi connectivity index (χ1) is 22.6. The van der Waals surface area contributed by atoms with Gasteiger partial charge >= 0.3 is 0 Å². The third-order valence-electron chi connectivity index (χ3n) is 9.11. The van der Waals surface area contributed by atoms with Gasteiger partial charge < -0.3 is 13.9 Å². The zero-order valence-corrected chi connectivity index (χ0v) is 28.9. The van der Waals surface area contributed by atoms with Crippen LogP contribution in [0.1, 0.15) is 55.3 Å². The van der Waals surface area contributed by atoms with Crippen LogP contribution in [0.3, 0.4) is 0 Å². The van der Waals surface area contributed by atoms with Crippen LogP contribution in [-0.4, -0.2) is 63.0 Å². The molecule has 2 aliphatic rings. The molecule has 2 aliphatic heterocycles. The molecule has 0 aliphatic carbocycles. The van der Waals surface area contributed by atoms with Crippen LogP contribution in [0, 0.1) is 0 Å². The molecule has 3 heterocycles. The molecule has 1 saturated heterocycles. The maximum absolute atomic E-state index is 15.5. The fourth-order valence-corrected chi connectivity index (χ4v) is 8.59.